The summed E-state index contributed by atoms with van der Waals surface area (Å²) in [5.74, 6) is -5.30. The van der Waals surface area contributed by atoms with E-state index >= 15 is 0 Å². The maximum atomic E-state index is 13.8. The van der Waals surface area contributed by atoms with Crippen molar-refractivity contribution in [1.82, 2.24) is 4.90 Å². The molecule has 1 N–H and O–H groups in total. The molecule has 0 aromatic heterocycles. The van der Waals surface area contributed by atoms with E-state index in [2.05, 4.69) is 22.2 Å². The largest absolute Gasteiger partial charge is 0.371 e. The SMILES string of the molecule is CN1CCC(N(C)c2cccc(NC(=O)c3ccc(F)c(F)c3F)c2)CC1.Cl. The molecule has 0 unspecified atom stereocenters. The van der Waals surface area contributed by atoms with E-state index in [4.69, 9.17) is 0 Å². The number of benzene rings is 2. The third kappa shape index (κ3) is 4.77. The van der Waals surface area contributed by atoms with Crippen LogP contribution in [-0.4, -0.2) is 44.0 Å². The molecule has 1 saturated heterocycles. The molecule has 1 fully saturated rings. The summed E-state index contributed by atoms with van der Waals surface area (Å²) in [5, 5.41) is 2.55. The van der Waals surface area contributed by atoms with E-state index < -0.39 is 28.9 Å². The first kappa shape index (κ1) is 22.0. The molecule has 0 saturated carbocycles. The molecule has 152 valence electrons. The molecule has 2 aromatic carbocycles. The van der Waals surface area contributed by atoms with Crippen LogP contribution in [0.4, 0.5) is 24.5 Å². The van der Waals surface area contributed by atoms with Crippen molar-refractivity contribution in [3.05, 3.63) is 59.4 Å². The van der Waals surface area contributed by atoms with Gasteiger partial charge in [-0.05, 0) is 63.3 Å². The Bertz CT molecular complexity index is 841. The third-order valence-electron chi connectivity index (χ3n) is 5.03. The van der Waals surface area contributed by atoms with Gasteiger partial charge in [0.2, 0.25) is 0 Å². The van der Waals surface area contributed by atoms with Crippen molar-refractivity contribution in [3.63, 3.8) is 0 Å². The molecule has 1 aliphatic rings. The lowest BCUT2D eigenvalue weighted by Gasteiger charge is -2.36. The topological polar surface area (TPSA) is 35.6 Å². The Labute approximate surface area is 168 Å². The van der Waals surface area contributed by atoms with Gasteiger partial charge < -0.3 is 15.1 Å². The Balaban J connectivity index is 0.00000280. The number of piperidine rings is 1. The fourth-order valence-electron chi connectivity index (χ4n) is 3.30. The van der Waals surface area contributed by atoms with Gasteiger partial charge in [0, 0.05) is 24.5 Å². The van der Waals surface area contributed by atoms with Gasteiger partial charge in [0.1, 0.15) is 0 Å². The first-order valence-corrected chi connectivity index (χ1v) is 8.83. The predicted molar refractivity (Wildman–Crippen MR) is 107 cm³/mol. The summed E-state index contributed by atoms with van der Waals surface area (Å²) in [6.45, 7) is 2.06. The van der Waals surface area contributed by atoms with Gasteiger partial charge in [-0.15, -0.1) is 12.4 Å². The predicted octanol–water partition coefficient (Wildman–Crippen LogP) is 4.31. The fourth-order valence-corrected chi connectivity index (χ4v) is 3.30. The van der Waals surface area contributed by atoms with Crippen molar-refractivity contribution in [2.24, 2.45) is 0 Å². The third-order valence-corrected chi connectivity index (χ3v) is 5.03. The smallest absolute Gasteiger partial charge is 0.258 e. The molecule has 0 bridgehead atoms. The highest BCUT2D eigenvalue weighted by Gasteiger charge is 2.22. The zero-order valence-corrected chi connectivity index (χ0v) is 16.5. The minimum atomic E-state index is -1.65. The molecule has 1 amide bonds. The molecule has 2 aromatic rings. The molecule has 0 spiro atoms. The van der Waals surface area contributed by atoms with E-state index in [1.54, 1.807) is 18.2 Å². The number of hydrogen-bond acceptors (Lipinski definition) is 3. The van der Waals surface area contributed by atoms with Crippen molar-refractivity contribution in [1.29, 1.82) is 0 Å². The van der Waals surface area contributed by atoms with Crippen LogP contribution in [0.1, 0.15) is 23.2 Å². The number of carbonyl (C=O) groups is 1. The van der Waals surface area contributed by atoms with Gasteiger partial charge in [0.25, 0.3) is 5.91 Å². The first-order valence-electron chi connectivity index (χ1n) is 8.83. The van der Waals surface area contributed by atoms with Gasteiger partial charge in [-0.25, -0.2) is 13.2 Å². The zero-order chi connectivity index (χ0) is 19.6. The van der Waals surface area contributed by atoms with Gasteiger partial charge in [0.05, 0.1) is 5.56 Å². The second-order valence-corrected chi connectivity index (χ2v) is 6.87. The Morgan fingerprint density at radius 1 is 1.11 bits per heavy atom. The Morgan fingerprint density at radius 3 is 2.46 bits per heavy atom. The van der Waals surface area contributed by atoms with Gasteiger partial charge in [-0.2, -0.15) is 0 Å². The first-order chi connectivity index (χ1) is 12.9. The van der Waals surface area contributed by atoms with Crippen molar-refractivity contribution in [2.75, 3.05) is 37.4 Å². The van der Waals surface area contributed by atoms with E-state index in [1.807, 2.05) is 13.1 Å². The zero-order valence-electron chi connectivity index (χ0n) is 15.7. The minimum absolute atomic E-state index is 0. The summed E-state index contributed by atoms with van der Waals surface area (Å²) in [4.78, 5) is 16.7. The van der Waals surface area contributed by atoms with Gasteiger partial charge >= 0.3 is 0 Å². The van der Waals surface area contributed by atoms with Gasteiger partial charge in [0.15, 0.2) is 17.5 Å². The molecule has 28 heavy (non-hydrogen) atoms. The standard InChI is InChI=1S/C20H22F3N3O.ClH/c1-25-10-8-14(9-11-25)26(2)15-5-3-4-13(12-15)24-20(27)16-6-7-17(21)19(23)18(16)22;/h3-7,12,14H,8-11H2,1-2H3,(H,24,27);1H. The number of likely N-dealkylation sites (tertiary alicyclic amines) is 1. The molecule has 1 aliphatic heterocycles. The second-order valence-electron chi connectivity index (χ2n) is 6.87. The maximum Gasteiger partial charge on any atom is 0.258 e. The number of anilines is 2. The number of carbonyl (C=O) groups excluding carboxylic acids is 1. The molecule has 0 atom stereocenters. The highest BCUT2D eigenvalue weighted by atomic mass is 35.5. The summed E-state index contributed by atoms with van der Waals surface area (Å²) < 4.78 is 40.2. The fraction of sp³-hybridized carbons (Fsp3) is 0.350. The Morgan fingerprint density at radius 2 is 1.79 bits per heavy atom. The molecule has 3 rings (SSSR count). The lowest BCUT2D eigenvalue weighted by atomic mass is 10.0. The number of amides is 1. The molecular weight excluding hydrogens is 391 g/mol. The van der Waals surface area contributed by atoms with Gasteiger partial charge in [-0.1, -0.05) is 6.07 Å². The van der Waals surface area contributed by atoms with Crippen LogP contribution in [0.2, 0.25) is 0 Å². The van der Waals surface area contributed by atoms with E-state index in [0.29, 0.717) is 11.7 Å². The lowest BCUT2D eigenvalue weighted by molar-refractivity contribution is 0.102. The number of halogens is 4. The van der Waals surface area contributed by atoms with Crippen LogP contribution >= 0.6 is 12.4 Å². The highest BCUT2D eigenvalue weighted by Crippen LogP contribution is 2.25. The van der Waals surface area contributed by atoms with Crippen molar-refractivity contribution in [3.8, 4) is 0 Å². The molecule has 1 heterocycles. The monoisotopic (exact) mass is 413 g/mol. The number of hydrogen-bond donors (Lipinski definition) is 1. The maximum absolute atomic E-state index is 13.8. The summed E-state index contributed by atoms with van der Waals surface area (Å²) in [7, 11) is 4.11. The number of nitrogens with one attached hydrogen (secondary N) is 1. The lowest BCUT2D eigenvalue weighted by Crippen LogP contribution is -2.42. The van der Waals surface area contributed by atoms with Crippen molar-refractivity contribution in [2.45, 2.75) is 18.9 Å². The van der Waals surface area contributed by atoms with Crippen LogP contribution in [0.25, 0.3) is 0 Å². The summed E-state index contributed by atoms with van der Waals surface area (Å²) in [5.41, 5.74) is 0.845. The molecule has 8 heteroatoms. The van der Waals surface area contributed by atoms with Crippen LogP contribution in [0, 0.1) is 17.5 Å². The molecule has 0 aliphatic carbocycles. The highest BCUT2D eigenvalue weighted by molar-refractivity contribution is 6.04. The molecular formula is C20H23ClF3N3O. The normalized spacial score (nSPS) is 15.0. The van der Waals surface area contributed by atoms with Gasteiger partial charge in [-0.3, -0.25) is 4.79 Å². The number of rotatable bonds is 4. The van der Waals surface area contributed by atoms with Crippen LogP contribution in [-0.2, 0) is 0 Å². The van der Waals surface area contributed by atoms with E-state index in [0.717, 1.165) is 43.8 Å². The van der Waals surface area contributed by atoms with E-state index in [9.17, 15) is 18.0 Å². The Hall–Kier alpha value is -2.25. The van der Waals surface area contributed by atoms with Crippen molar-refractivity contribution < 1.29 is 18.0 Å². The average Bonchev–Trinajstić information content (AvgIpc) is 2.66. The summed E-state index contributed by atoms with van der Waals surface area (Å²) in [6, 6.07) is 9.24. The van der Waals surface area contributed by atoms with Crippen LogP contribution in [0.15, 0.2) is 36.4 Å². The number of nitrogens with zero attached hydrogens (tertiary/aromatic N) is 2. The molecule has 0 radical (unpaired) electrons. The minimum Gasteiger partial charge on any atom is -0.371 e. The van der Waals surface area contributed by atoms with Crippen molar-refractivity contribution >= 4 is 29.7 Å². The van der Waals surface area contributed by atoms with Crippen LogP contribution < -0.4 is 10.2 Å². The molecule has 4 nitrogen and oxygen atoms in total. The summed E-state index contributed by atoms with van der Waals surface area (Å²) >= 11 is 0. The Kier molecular flexibility index (Phi) is 7.32. The van der Waals surface area contributed by atoms with Crippen LogP contribution in [0.5, 0.6) is 0 Å². The summed E-state index contributed by atoms with van der Waals surface area (Å²) in [6.07, 6.45) is 2.09. The average molecular weight is 414 g/mol. The second kappa shape index (κ2) is 9.30. The van der Waals surface area contributed by atoms with E-state index in [1.165, 1.54) is 0 Å². The quantitative estimate of drug-likeness (QED) is 0.759. The van der Waals surface area contributed by atoms with E-state index in [-0.39, 0.29) is 12.4 Å². The van der Waals surface area contributed by atoms with Crippen LogP contribution in [0.3, 0.4) is 0 Å².